The van der Waals surface area contributed by atoms with E-state index in [2.05, 4.69) is 5.32 Å². The summed E-state index contributed by atoms with van der Waals surface area (Å²) in [6.07, 6.45) is 0.670. The molecule has 2 rings (SSSR count). The molecule has 0 saturated carbocycles. The van der Waals surface area contributed by atoms with Crippen LogP contribution in [0.2, 0.25) is 0 Å². The maximum Gasteiger partial charge on any atom is 0.337 e. The number of aromatic hydroxyl groups is 1. The average molecular weight is 313 g/mol. The number of amides is 1. The van der Waals surface area contributed by atoms with Gasteiger partial charge >= 0.3 is 5.97 Å². The van der Waals surface area contributed by atoms with Crippen LogP contribution in [0, 0.1) is 13.8 Å². The first-order valence-corrected chi connectivity index (χ1v) is 7.29. The molecule has 0 unspecified atom stereocenters. The number of anilines is 1. The van der Waals surface area contributed by atoms with Gasteiger partial charge < -0.3 is 15.5 Å². The minimum absolute atomic E-state index is 0.0753. The van der Waals surface area contributed by atoms with Crippen molar-refractivity contribution >= 4 is 17.6 Å². The Bertz CT molecular complexity index is 753. The molecule has 5 nitrogen and oxygen atoms in total. The second-order valence-corrected chi connectivity index (χ2v) is 5.52. The Morgan fingerprint density at radius 1 is 1.09 bits per heavy atom. The van der Waals surface area contributed by atoms with Gasteiger partial charge in [0.05, 0.1) is 11.3 Å². The Hall–Kier alpha value is -2.82. The van der Waals surface area contributed by atoms with Crippen molar-refractivity contribution in [3.8, 4) is 5.75 Å². The van der Waals surface area contributed by atoms with Crippen LogP contribution >= 0.6 is 0 Å². The standard InChI is InChI=1S/C18H19NO4/c1-11-3-7-15(14(9-11)18(22)23)19-17(21)8-6-13-5-4-12(2)16(20)10-13/h3-5,7,9-10,20H,6,8H2,1-2H3,(H,19,21)(H,22,23). The summed E-state index contributed by atoms with van der Waals surface area (Å²) < 4.78 is 0. The molecule has 0 bridgehead atoms. The molecule has 2 aromatic carbocycles. The van der Waals surface area contributed by atoms with Crippen molar-refractivity contribution in [3.05, 3.63) is 58.7 Å². The summed E-state index contributed by atoms with van der Waals surface area (Å²) in [6, 6.07) is 10.2. The van der Waals surface area contributed by atoms with Crippen molar-refractivity contribution in [1.82, 2.24) is 0 Å². The second kappa shape index (κ2) is 6.96. The van der Waals surface area contributed by atoms with E-state index in [1.165, 1.54) is 6.07 Å². The van der Waals surface area contributed by atoms with E-state index >= 15 is 0 Å². The number of carbonyl (C=O) groups excluding carboxylic acids is 1. The Kier molecular flexibility index (Phi) is 5.01. The Labute approximate surface area is 134 Å². The molecule has 120 valence electrons. The van der Waals surface area contributed by atoms with Gasteiger partial charge in [0.1, 0.15) is 5.75 Å². The fraction of sp³-hybridized carbons (Fsp3) is 0.222. The molecule has 0 heterocycles. The molecule has 0 spiro atoms. The van der Waals surface area contributed by atoms with Crippen molar-refractivity contribution in [2.75, 3.05) is 5.32 Å². The van der Waals surface area contributed by atoms with E-state index in [1.807, 2.05) is 6.07 Å². The van der Waals surface area contributed by atoms with E-state index in [0.717, 1.165) is 16.7 Å². The normalized spacial score (nSPS) is 10.3. The molecule has 0 aromatic heterocycles. The highest BCUT2D eigenvalue weighted by Crippen LogP contribution is 2.20. The van der Waals surface area contributed by atoms with Gasteiger partial charge in [-0.2, -0.15) is 0 Å². The van der Waals surface area contributed by atoms with E-state index in [-0.39, 0.29) is 23.6 Å². The lowest BCUT2D eigenvalue weighted by atomic mass is 10.1. The highest BCUT2D eigenvalue weighted by atomic mass is 16.4. The number of hydrogen-bond donors (Lipinski definition) is 3. The number of phenols is 1. The molecular formula is C18H19NO4. The van der Waals surface area contributed by atoms with Crippen LogP contribution in [-0.2, 0) is 11.2 Å². The third-order valence-corrected chi connectivity index (χ3v) is 3.59. The summed E-state index contributed by atoms with van der Waals surface area (Å²) in [6.45, 7) is 3.60. The van der Waals surface area contributed by atoms with Crippen LogP contribution in [-0.4, -0.2) is 22.1 Å². The van der Waals surface area contributed by atoms with Crippen LogP contribution in [0.15, 0.2) is 36.4 Å². The number of carboxylic acid groups (broad SMARTS) is 1. The molecule has 0 saturated heterocycles. The summed E-state index contributed by atoms with van der Waals surface area (Å²) in [5.41, 5.74) is 2.82. The van der Waals surface area contributed by atoms with Crippen molar-refractivity contribution in [2.45, 2.75) is 26.7 Å². The van der Waals surface area contributed by atoms with E-state index in [9.17, 15) is 19.8 Å². The van der Waals surface area contributed by atoms with E-state index in [1.54, 1.807) is 38.1 Å². The lowest BCUT2D eigenvalue weighted by molar-refractivity contribution is -0.116. The maximum absolute atomic E-state index is 12.0. The van der Waals surface area contributed by atoms with Gasteiger partial charge in [-0.05, 0) is 49.6 Å². The largest absolute Gasteiger partial charge is 0.508 e. The fourth-order valence-corrected chi connectivity index (χ4v) is 2.23. The third kappa shape index (κ3) is 4.32. The smallest absolute Gasteiger partial charge is 0.337 e. The molecule has 0 fully saturated rings. The first-order valence-electron chi connectivity index (χ1n) is 7.29. The molecule has 0 radical (unpaired) electrons. The van der Waals surface area contributed by atoms with Gasteiger partial charge in [0.25, 0.3) is 0 Å². The summed E-state index contributed by atoms with van der Waals surface area (Å²) in [5, 5.41) is 21.5. The molecule has 1 amide bonds. The van der Waals surface area contributed by atoms with E-state index < -0.39 is 5.97 Å². The van der Waals surface area contributed by atoms with Crippen molar-refractivity contribution < 1.29 is 19.8 Å². The minimum atomic E-state index is -1.08. The number of aryl methyl sites for hydroxylation is 3. The van der Waals surface area contributed by atoms with Crippen LogP contribution in [0.5, 0.6) is 5.75 Å². The quantitative estimate of drug-likeness (QED) is 0.790. The zero-order valence-corrected chi connectivity index (χ0v) is 13.1. The zero-order chi connectivity index (χ0) is 17.0. The zero-order valence-electron chi connectivity index (χ0n) is 13.1. The number of nitrogens with one attached hydrogen (secondary N) is 1. The van der Waals surface area contributed by atoms with Crippen LogP contribution < -0.4 is 5.32 Å². The number of phenolic OH excluding ortho intramolecular Hbond substituents is 1. The van der Waals surface area contributed by atoms with Crippen molar-refractivity contribution in [3.63, 3.8) is 0 Å². The number of carboxylic acids is 1. The molecular weight excluding hydrogens is 294 g/mol. The van der Waals surface area contributed by atoms with Crippen LogP contribution in [0.25, 0.3) is 0 Å². The lowest BCUT2D eigenvalue weighted by Gasteiger charge is -2.10. The number of aromatic carboxylic acids is 1. The van der Waals surface area contributed by atoms with Crippen LogP contribution in [0.3, 0.4) is 0 Å². The van der Waals surface area contributed by atoms with Gasteiger partial charge in [-0.15, -0.1) is 0 Å². The number of benzene rings is 2. The molecule has 3 N–H and O–H groups in total. The molecule has 0 aliphatic carbocycles. The first-order chi connectivity index (χ1) is 10.9. The Morgan fingerprint density at radius 2 is 1.83 bits per heavy atom. The molecule has 0 aliphatic heterocycles. The molecule has 0 aliphatic rings. The molecule has 5 heteroatoms. The highest BCUT2D eigenvalue weighted by Gasteiger charge is 2.13. The van der Waals surface area contributed by atoms with E-state index in [0.29, 0.717) is 12.1 Å². The second-order valence-electron chi connectivity index (χ2n) is 5.52. The van der Waals surface area contributed by atoms with Gasteiger partial charge in [-0.1, -0.05) is 23.8 Å². The predicted molar refractivity (Wildman–Crippen MR) is 87.9 cm³/mol. The van der Waals surface area contributed by atoms with Crippen molar-refractivity contribution in [2.24, 2.45) is 0 Å². The summed E-state index contributed by atoms with van der Waals surface area (Å²) in [4.78, 5) is 23.3. The SMILES string of the molecule is Cc1ccc(NC(=O)CCc2ccc(C)c(O)c2)c(C(=O)O)c1. The van der Waals surface area contributed by atoms with E-state index in [4.69, 9.17) is 0 Å². The van der Waals surface area contributed by atoms with Crippen LogP contribution in [0.1, 0.15) is 33.5 Å². The summed E-state index contributed by atoms with van der Waals surface area (Å²) >= 11 is 0. The van der Waals surface area contributed by atoms with Gasteiger partial charge in [-0.3, -0.25) is 4.79 Å². The summed E-state index contributed by atoms with van der Waals surface area (Å²) in [5.74, 6) is -1.14. The first kappa shape index (κ1) is 16.5. The molecule has 2 aromatic rings. The van der Waals surface area contributed by atoms with Gasteiger partial charge in [0, 0.05) is 6.42 Å². The topological polar surface area (TPSA) is 86.6 Å². The summed E-state index contributed by atoms with van der Waals surface area (Å²) in [7, 11) is 0. The number of carbonyl (C=O) groups is 2. The highest BCUT2D eigenvalue weighted by molar-refractivity contribution is 6.00. The average Bonchev–Trinajstić information content (AvgIpc) is 2.50. The predicted octanol–water partition coefficient (Wildman–Crippen LogP) is 3.28. The maximum atomic E-state index is 12.0. The Balaban J connectivity index is 2.02. The number of rotatable bonds is 5. The van der Waals surface area contributed by atoms with Crippen LogP contribution in [0.4, 0.5) is 5.69 Å². The third-order valence-electron chi connectivity index (χ3n) is 3.59. The van der Waals surface area contributed by atoms with Crippen molar-refractivity contribution in [1.29, 1.82) is 0 Å². The monoisotopic (exact) mass is 313 g/mol. The van der Waals surface area contributed by atoms with Gasteiger partial charge in [-0.25, -0.2) is 4.79 Å². The minimum Gasteiger partial charge on any atom is -0.508 e. The Morgan fingerprint density at radius 3 is 2.48 bits per heavy atom. The van der Waals surface area contributed by atoms with Gasteiger partial charge in [0.15, 0.2) is 0 Å². The molecule has 0 atom stereocenters. The number of hydrogen-bond acceptors (Lipinski definition) is 3. The van der Waals surface area contributed by atoms with Gasteiger partial charge in [0.2, 0.25) is 5.91 Å². The molecule has 23 heavy (non-hydrogen) atoms. The fourth-order valence-electron chi connectivity index (χ4n) is 2.23. The lowest BCUT2D eigenvalue weighted by Crippen LogP contribution is -2.15.